The quantitative estimate of drug-likeness (QED) is 0.503. The van der Waals surface area contributed by atoms with E-state index in [2.05, 4.69) is 20.3 Å². The normalized spacial score (nSPS) is 12.0. The van der Waals surface area contributed by atoms with Gasteiger partial charge < -0.3 is 0 Å². The Kier molecular flexibility index (Phi) is 3.49. The molecule has 5 nitrogen and oxygen atoms in total. The second-order valence-electron chi connectivity index (χ2n) is 5.03. The number of hydrogen-bond donors (Lipinski definition) is 0. The lowest BCUT2D eigenvalue weighted by Gasteiger charge is -2.09. The van der Waals surface area contributed by atoms with Crippen molar-refractivity contribution >= 4 is 16.3 Å². The van der Waals surface area contributed by atoms with E-state index in [9.17, 15) is 17.6 Å². The Morgan fingerprint density at radius 1 is 1.00 bits per heavy atom. The summed E-state index contributed by atoms with van der Waals surface area (Å²) < 4.78 is 54.3. The van der Waals surface area contributed by atoms with Gasteiger partial charge in [-0.2, -0.15) is 22.8 Å². The molecule has 3 aromatic heterocycles. The van der Waals surface area contributed by atoms with Crippen LogP contribution < -0.4 is 0 Å². The molecule has 25 heavy (non-hydrogen) atoms. The number of alkyl halides is 3. The van der Waals surface area contributed by atoms with Gasteiger partial charge in [0.1, 0.15) is 5.82 Å². The third-order valence-electron chi connectivity index (χ3n) is 3.46. The van der Waals surface area contributed by atoms with Crippen molar-refractivity contribution in [1.29, 1.82) is 0 Å². The van der Waals surface area contributed by atoms with Gasteiger partial charge in [-0.1, -0.05) is 17.4 Å². The van der Waals surface area contributed by atoms with Gasteiger partial charge in [0, 0.05) is 23.5 Å². The van der Waals surface area contributed by atoms with Gasteiger partial charge in [0.05, 0.1) is 5.56 Å². The van der Waals surface area contributed by atoms with Crippen LogP contribution in [0.4, 0.5) is 17.6 Å². The molecule has 0 radical (unpaired) electrons. The fourth-order valence-electron chi connectivity index (χ4n) is 2.32. The van der Waals surface area contributed by atoms with E-state index >= 15 is 0 Å². The minimum absolute atomic E-state index is 0.0869. The van der Waals surface area contributed by atoms with Crippen molar-refractivity contribution in [3.8, 4) is 22.0 Å². The molecule has 0 aliphatic rings. The van der Waals surface area contributed by atoms with Crippen LogP contribution in [0.15, 0.2) is 42.7 Å². The van der Waals surface area contributed by atoms with Crippen molar-refractivity contribution in [2.45, 2.75) is 6.18 Å². The second kappa shape index (κ2) is 5.59. The molecule has 0 fully saturated rings. The second-order valence-corrected chi connectivity index (χ2v) is 5.98. The maximum atomic E-state index is 14.3. The summed E-state index contributed by atoms with van der Waals surface area (Å²) in [5.74, 6) is -0.960. The molecular weight excluding hydrogens is 358 g/mol. The summed E-state index contributed by atoms with van der Waals surface area (Å²) in [6.07, 6.45) is -1.65. The highest BCUT2D eigenvalue weighted by molar-refractivity contribution is 7.19. The molecule has 0 atom stereocenters. The van der Waals surface area contributed by atoms with Crippen LogP contribution in [0, 0.1) is 5.82 Å². The SMILES string of the molecule is Fc1c(-c2nn3c(-c4ccncc4)nnc3s2)cccc1C(F)(F)F. The van der Waals surface area contributed by atoms with Gasteiger partial charge in [0.15, 0.2) is 10.8 Å². The van der Waals surface area contributed by atoms with Gasteiger partial charge in [-0.05, 0) is 24.3 Å². The summed E-state index contributed by atoms with van der Waals surface area (Å²) in [6.45, 7) is 0. The van der Waals surface area contributed by atoms with Crippen LogP contribution in [-0.4, -0.2) is 24.8 Å². The fraction of sp³-hybridized carbons (Fsp3) is 0.0667. The molecule has 0 saturated carbocycles. The summed E-state index contributed by atoms with van der Waals surface area (Å²) in [7, 11) is 0. The molecular formula is C15H7F4N5S. The molecule has 4 rings (SSSR count). The minimum Gasteiger partial charge on any atom is -0.265 e. The lowest BCUT2D eigenvalue weighted by Crippen LogP contribution is -2.08. The van der Waals surface area contributed by atoms with E-state index in [-0.39, 0.29) is 10.6 Å². The van der Waals surface area contributed by atoms with Gasteiger partial charge in [0.25, 0.3) is 0 Å². The predicted molar refractivity (Wildman–Crippen MR) is 82.3 cm³/mol. The van der Waals surface area contributed by atoms with Crippen molar-refractivity contribution in [2.24, 2.45) is 0 Å². The molecule has 0 aliphatic carbocycles. The number of aromatic nitrogens is 5. The Hall–Kier alpha value is -2.88. The first kappa shape index (κ1) is 15.6. The van der Waals surface area contributed by atoms with Crippen molar-refractivity contribution in [2.75, 3.05) is 0 Å². The number of benzene rings is 1. The highest BCUT2D eigenvalue weighted by atomic mass is 32.1. The molecule has 0 saturated heterocycles. The van der Waals surface area contributed by atoms with Crippen LogP contribution in [0.2, 0.25) is 0 Å². The van der Waals surface area contributed by atoms with E-state index in [1.54, 1.807) is 24.5 Å². The van der Waals surface area contributed by atoms with Crippen LogP contribution in [0.3, 0.4) is 0 Å². The number of hydrogen-bond acceptors (Lipinski definition) is 5. The van der Waals surface area contributed by atoms with Gasteiger partial charge in [-0.3, -0.25) is 4.98 Å². The molecule has 3 heterocycles. The highest BCUT2D eigenvalue weighted by Crippen LogP contribution is 2.37. The van der Waals surface area contributed by atoms with Gasteiger partial charge in [0.2, 0.25) is 4.96 Å². The smallest absolute Gasteiger partial charge is 0.265 e. The molecule has 1 aromatic carbocycles. The number of fused-ring (bicyclic) bond motifs is 1. The largest absolute Gasteiger partial charge is 0.419 e. The standard InChI is InChI=1S/C15H7F4N5S/c16-11-9(2-1-3-10(11)15(17,18)19)13-23-24-12(21-22-14(24)25-13)8-4-6-20-7-5-8/h1-7H. The highest BCUT2D eigenvalue weighted by Gasteiger charge is 2.35. The Morgan fingerprint density at radius 3 is 2.48 bits per heavy atom. The Morgan fingerprint density at radius 2 is 1.76 bits per heavy atom. The number of halogens is 4. The number of rotatable bonds is 2. The summed E-state index contributed by atoms with van der Waals surface area (Å²) in [4.78, 5) is 4.25. The van der Waals surface area contributed by atoms with E-state index in [4.69, 9.17) is 0 Å². The van der Waals surface area contributed by atoms with Crippen LogP contribution in [0.5, 0.6) is 0 Å². The molecule has 0 bridgehead atoms. The van der Waals surface area contributed by atoms with Gasteiger partial charge >= 0.3 is 6.18 Å². The first-order valence-corrected chi connectivity index (χ1v) is 7.75. The number of nitrogens with zero attached hydrogens (tertiary/aromatic N) is 5. The van der Waals surface area contributed by atoms with E-state index in [0.717, 1.165) is 17.4 Å². The van der Waals surface area contributed by atoms with Gasteiger partial charge in [-0.25, -0.2) is 4.39 Å². The van der Waals surface area contributed by atoms with Crippen molar-refractivity contribution < 1.29 is 17.6 Å². The molecule has 0 spiro atoms. The van der Waals surface area contributed by atoms with E-state index in [1.807, 2.05) is 0 Å². The predicted octanol–water partition coefficient (Wildman–Crippen LogP) is 4.07. The van der Waals surface area contributed by atoms with Crippen molar-refractivity contribution in [3.05, 3.63) is 54.1 Å². The Labute approximate surface area is 141 Å². The fourth-order valence-corrected chi connectivity index (χ4v) is 3.18. The molecule has 10 heteroatoms. The third kappa shape index (κ3) is 2.64. The summed E-state index contributed by atoms with van der Waals surface area (Å²) >= 11 is 0.955. The zero-order chi connectivity index (χ0) is 17.6. The third-order valence-corrected chi connectivity index (χ3v) is 4.40. The Bertz CT molecular complexity index is 1050. The first-order valence-electron chi connectivity index (χ1n) is 6.94. The minimum atomic E-state index is -4.78. The van der Waals surface area contributed by atoms with Crippen LogP contribution in [0.25, 0.3) is 26.9 Å². The van der Waals surface area contributed by atoms with Crippen molar-refractivity contribution in [3.63, 3.8) is 0 Å². The van der Waals surface area contributed by atoms with Crippen molar-refractivity contribution in [1.82, 2.24) is 24.8 Å². The zero-order valence-corrected chi connectivity index (χ0v) is 13.0. The van der Waals surface area contributed by atoms with Crippen LogP contribution in [-0.2, 0) is 6.18 Å². The molecule has 126 valence electrons. The first-order chi connectivity index (χ1) is 11.9. The molecule has 4 aromatic rings. The molecule has 0 aliphatic heterocycles. The van der Waals surface area contributed by atoms with Crippen LogP contribution in [0.1, 0.15) is 5.56 Å². The average Bonchev–Trinajstić information content (AvgIpc) is 3.15. The maximum absolute atomic E-state index is 14.3. The number of pyridine rings is 1. The average molecular weight is 365 g/mol. The monoisotopic (exact) mass is 365 g/mol. The summed E-state index contributed by atoms with van der Waals surface area (Å²) in [5, 5.41) is 12.2. The zero-order valence-electron chi connectivity index (χ0n) is 12.2. The lowest BCUT2D eigenvalue weighted by molar-refractivity contribution is -0.139. The lowest BCUT2D eigenvalue weighted by atomic mass is 10.1. The van der Waals surface area contributed by atoms with E-state index in [0.29, 0.717) is 22.4 Å². The summed E-state index contributed by atoms with van der Waals surface area (Å²) in [5.41, 5.74) is -0.875. The molecule has 0 N–H and O–H groups in total. The topological polar surface area (TPSA) is 56.0 Å². The Balaban J connectivity index is 1.86. The molecule has 0 amide bonds. The van der Waals surface area contributed by atoms with E-state index < -0.39 is 17.6 Å². The van der Waals surface area contributed by atoms with E-state index in [1.165, 1.54) is 10.6 Å². The van der Waals surface area contributed by atoms with Gasteiger partial charge in [-0.15, -0.1) is 10.2 Å². The van der Waals surface area contributed by atoms with Crippen LogP contribution >= 0.6 is 11.3 Å². The molecule has 0 unspecified atom stereocenters. The maximum Gasteiger partial charge on any atom is 0.419 e. The summed E-state index contributed by atoms with van der Waals surface area (Å²) in [6, 6.07) is 6.48.